The van der Waals surface area contributed by atoms with E-state index in [4.69, 9.17) is 22.3 Å². The van der Waals surface area contributed by atoms with Crippen molar-refractivity contribution in [2.45, 2.75) is 12.5 Å². The molecule has 0 radical (unpaired) electrons. The van der Waals surface area contributed by atoms with Gasteiger partial charge in [0.1, 0.15) is 6.04 Å². The van der Waals surface area contributed by atoms with E-state index >= 15 is 0 Å². The lowest BCUT2D eigenvalue weighted by atomic mass is 10.0. The number of carboxylic acid groups (broad SMARTS) is 1. The third kappa shape index (κ3) is 2.14. The van der Waals surface area contributed by atoms with Gasteiger partial charge in [0, 0.05) is 6.42 Å². The Labute approximate surface area is 81.5 Å². The number of rotatable bonds is 3. The molecule has 5 heteroatoms. The molecule has 14 heavy (non-hydrogen) atoms. The van der Waals surface area contributed by atoms with E-state index in [0.29, 0.717) is 16.9 Å². The Morgan fingerprint density at radius 1 is 1.43 bits per heavy atom. The van der Waals surface area contributed by atoms with Gasteiger partial charge in [-0.3, -0.25) is 4.79 Å². The first-order valence-corrected chi connectivity index (χ1v) is 4.13. The second kappa shape index (κ2) is 3.97. The SMILES string of the molecule is Nc1cccc(C[C@H](N)C(=O)O)c1N. The molecule has 0 fully saturated rings. The average molecular weight is 195 g/mol. The maximum absolute atomic E-state index is 10.5. The molecule has 0 saturated carbocycles. The third-order valence-electron chi connectivity index (χ3n) is 1.99. The van der Waals surface area contributed by atoms with Crippen LogP contribution in [0.4, 0.5) is 11.4 Å². The highest BCUT2D eigenvalue weighted by Gasteiger charge is 2.14. The van der Waals surface area contributed by atoms with Gasteiger partial charge in [0.05, 0.1) is 11.4 Å². The Kier molecular flexibility index (Phi) is 2.93. The molecule has 0 spiro atoms. The zero-order chi connectivity index (χ0) is 10.7. The van der Waals surface area contributed by atoms with Gasteiger partial charge in [-0.2, -0.15) is 0 Å². The Bertz CT molecular complexity index is 352. The molecule has 0 aliphatic rings. The van der Waals surface area contributed by atoms with Crippen LogP contribution in [0.25, 0.3) is 0 Å². The van der Waals surface area contributed by atoms with Crippen molar-refractivity contribution in [3.8, 4) is 0 Å². The van der Waals surface area contributed by atoms with E-state index in [2.05, 4.69) is 0 Å². The van der Waals surface area contributed by atoms with E-state index < -0.39 is 12.0 Å². The zero-order valence-corrected chi connectivity index (χ0v) is 7.60. The lowest BCUT2D eigenvalue weighted by molar-refractivity contribution is -0.138. The number of nitrogen functional groups attached to an aromatic ring is 2. The molecule has 0 saturated heterocycles. The summed E-state index contributed by atoms with van der Waals surface area (Å²) in [5.74, 6) is -1.05. The number of benzene rings is 1. The molecule has 1 rings (SSSR count). The van der Waals surface area contributed by atoms with Crippen LogP contribution in [0.2, 0.25) is 0 Å². The highest BCUT2D eigenvalue weighted by atomic mass is 16.4. The van der Waals surface area contributed by atoms with E-state index in [1.165, 1.54) is 0 Å². The van der Waals surface area contributed by atoms with Gasteiger partial charge in [0.2, 0.25) is 0 Å². The molecular formula is C9H13N3O2. The number of hydrogen-bond acceptors (Lipinski definition) is 4. The van der Waals surface area contributed by atoms with Crippen LogP contribution in [-0.4, -0.2) is 17.1 Å². The van der Waals surface area contributed by atoms with Crippen molar-refractivity contribution < 1.29 is 9.90 Å². The molecule has 1 atom stereocenters. The highest BCUT2D eigenvalue weighted by molar-refractivity contribution is 5.75. The van der Waals surface area contributed by atoms with Gasteiger partial charge in [-0.1, -0.05) is 12.1 Å². The first kappa shape index (κ1) is 10.3. The predicted molar refractivity (Wildman–Crippen MR) is 54.6 cm³/mol. The number of carboxylic acids is 1. The van der Waals surface area contributed by atoms with E-state index in [1.807, 2.05) is 0 Å². The van der Waals surface area contributed by atoms with Crippen LogP contribution in [0.3, 0.4) is 0 Å². The molecule has 0 unspecified atom stereocenters. The van der Waals surface area contributed by atoms with Crippen LogP contribution in [0.5, 0.6) is 0 Å². The van der Waals surface area contributed by atoms with Crippen LogP contribution in [0, 0.1) is 0 Å². The van der Waals surface area contributed by atoms with Crippen molar-refractivity contribution in [1.82, 2.24) is 0 Å². The van der Waals surface area contributed by atoms with Crippen molar-refractivity contribution >= 4 is 17.3 Å². The predicted octanol–water partition coefficient (Wildman–Crippen LogP) is -0.195. The smallest absolute Gasteiger partial charge is 0.320 e. The monoisotopic (exact) mass is 195 g/mol. The topological polar surface area (TPSA) is 115 Å². The van der Waals surface area contributed by atoms with Crippen LogP contribution >= 0.6 is 0 Å². The lowest BCUT2D eigenvalue weighted by Gasteiger charge is -2.10. The summed E-state index contributed by atoms with van der Waals surface area (Å²) in [7, 11) is 0. The summed E-state index contributed by atoms with van der Waals surface area (Å²) >= 11 is 0. The molecule has 0 aliphatic heterocycles. The normalized spacial score (nSPS) is 12.4. The van der Waals surface area contributed by atoms with Crippen molar-refractivity contribution in [2.75, 3.05) is 11.5 Å². The van der Waals surface area contributed by atoms with E-state index in [9.17, 15) is 4.79 Å². The molecule has 7 N–H and O–H groups in total. The number of anilines is 2. The number of hydrogen-bond donors (Lipinski definition) is 4. The van der Waals surface area contributed by atoms with Gasteiger partial charge in [0.15, 0.2) is 0 Å². The summed E-state index contributed by atoms with van der Waals surface area (Å²) < 4.78 is 0. The zero-order valence-electron chi connectivity index (χ0n) is 7.60. The summed E-state index contributed by atoms with van der Waals surface area (Å²) in [5, 5.41) is 8.61. The van der Waals surface area contributed by atoms with Gasteiger partial charge in [-0.15, -0.1) is 0 Å². The first-order chi connectivity index (χ1) is 6.52. The number of carbonyl (C=O) groups is 1. The fourth-order valence-corrected chi connectivity index (χ4v) is 1.14. The summed E-state index contributed by atoms with van der Waals surface area (Å²) in [6.07, 6.45) is 0.187. The summed E-state index contributed by atoms with van der Waals surface area (Å²) in [6.45, 7) is 0. The Balaban J connectivity index is 2.87. The fraction of sp³-hybridized carbons (Fsp3) is 0.222. The molecule has 0 aromatic heterocycles. The highest BCUT2D eigenvalue weighted by Crippen LogP contribution is 2.20. The van der Waals surface area contributed by atoms with Crippen molar-refractivity contribution in [3.05, 3.63) is 23.8 Å². The molecule has 1 aromatic carbocycles. The maximum Gasteiger partial charge on any atom is 0.320 e. The minimum Gasteiger partial charge on any atom is -0.480 e. The maximum atomic E-state index is 10.5. The summed E-state index contributed by atoms with van der Waals surface area (Å²) in [4.78, 5) is 10.5. The van der Waals surface area contributed by atoms with E-state index in [-0.39, 0.29) is 6.42 Å². The van der Waals surface area contributed by atoms with Gasteiger partial charge in [-0.05, 0) is 11.6 Å². The molecule has 0 aliphatic carbocycles. The molecule has 0 amide bonds. The van der Waals surface area contributed by atoms with E-state index in [0.717, 1.165) is 0 Å². The van der Waals surface area contributed by atoms with Crippen LogP contribution < -0.4 is 17.2 Å². The molecule has 0 bridgehead atoms. The summed E-state index contributed by atoms with van der Waals surface area (Å²) in [5.41, 5.74) is 18.1. The lowest BCUT2D eigenvalue weighted by Crippen LogP contribution is -2.32. The number of para-hydroxylation sites is 1. The molecule has 76 valence electrons. The Hall–Kier alpha value is -1.75. The van der Waals surface area contributed by atoms with E-state index in [1.54, 1.807) is 18.2 Å². The first-order valence-electron chi connectivity index (χ1n) is 4.13. The number of aliphatic carboxylic acids is 1. The van der Waals surface area contributed by atoms with Crippen LogP contribution in [0.1, 0.15) is 5.56 Å². The van der Waals surface area contributed by atoms with Crippen LogP contribution in [-0.2, 0) is 11.2 Å². The second-order valence-corrected chi connectivity index (χ2v) is 3.07. The average Bonchev–Trinajstić information content (AvgIpc) is 2.12. The van der Waals surface area contributed by atoms with Gasteiger partial charge >= 0.3 is 5.97 Å². The largest absolute Gasteiger partial charge is 0.480 e. The minimum atomic E-state index is -1.05. The minimum absolute atomic E-state index is 0.187. The van der Waals surface area contributed by atoms with Crippen molar-refractivity contribution in [2.24, 2.45) is 5.73 Å². The van der Waals surface area contributed by atoms with Gasteiger partial charge in [0.25, 0.3) is 0 Å². The van der Waals surface area contributed by atoms with Gasteiger partial charge < -0.3 is 22.3 Å². The van der Waals surface area contributed by atoms with Gasteiger partial charge in [-0.25, -0.2) is 0 Å². The summed E-state index contributed by atoms with van der Waals surface area (Å²) in [6, 6.07) is 4.15. The molecule has 5 nitrogen and oxygen atoms in total. The Morgan fingerprint density at radius 2 is 2.07 bits per heavy atom. The standard InChI is InChI=1S/C9H13N3O2/c10-6-3-1-2-5(8(6)12)4-7(11)9(13)14/h1-3,7H,4,10-12H2,(H,13,14)/t7-/m0/s1. The molecular weight excluding hydrogens is 182 g/mol. The molecule has 1 aromatic rings. The quantitative estimate of drug-likeness (QED) is 0.499. The molecule has 0 heterocycles. The Morgan fingerprint density at radius 3 is 2.64 bits per heavy atom. The van der Waals surface area contributed by atoms with Crippen molar-refractivity contribution in [1.29, 1.82) is 0 Å². The number of nitrogens with two attached hydrogens (primary N) is 3. The van der Waals surface area contributed by atoms with Crippen LogP contribution in [0.15, 0.2) is 18.2 Å². The van der Waals surface area contributed by atoms with Crippen molar-refractivity contribution in [3.63, 3.8) is 0 Å². The fourth-order valence-electron chi connectivity index (χ4n) is 1.14. The second-order valence-electron chi connectivity index (χ2n) is 3.07. The third-order valence-corrected chi connectivity index (χ3v) is 1.99.